The Labute approximate surface area is 120 Å². The summed E-state index contributed by atoms with van der Waals surface area (Å²) in [6.45, 7) is 0. The van der Waals surface area contributed by atoms with Crippen LogP contribution >= 0.6 is 11.3 Å². The molecule has 10 nitrogen and oxygen atoms in total. The smallest absolute Gasteiger partial charge is 0.345 e. The van der Waals surface area contributed by atoms with Gasteiger partial charge in [0.25, 0.3) is 5.56 Å². The summed E-state index contributed by atoms with van der Waals surface area (Å²) in [4.78, 5) is 40.8. The largest absolute Gasteiger partial charge is 0.494 e. The highest BCUT2D eigenvalue weighted by atomic mass is 32.1. The molecule has 0 saturated heterocycles. The van der Waals surface area contributed by atoms with Crippen molar-refractivity contribution in [2.45, 2.75) is 0 Å². The maximum atomic E-state index is 11.9. The number of nitro groups is 1. The SMILES string of the molecule is Cn1c(O)c(C=Nc2ncc([N+](=O)[O-])s2)c(=O)n(C)c1=O. The van der Waals surface area contributed by atoms with E-state index >= 15 is 0 Å². The summed E-state index contributed by atoms with van der Waals surface area (Å²) >= 11 is 0.716. The first-order valence-electron chi connectivity index (χ1n) is 5.46. The van der Waals surface area contributed by atoms with Gasteiger partial charge in [0, 0.05) is 20.3 Å². The first-order chi connectivity index (χ1) is 9.82. The predicted molar refractivity (Wildman–Crippen MR) is 74.6 cm³/mol. The molecule has 2 rings (SSSR count). The third kappa shape index (κ3) is 2.58. The number of thiazole rings is 1. The molecule has 0 saturated carbocycles. The molecule has 0 fully saturated rings. The van der Waals surface area contributed by atoms with Crippen LogP contribution in [0, 0.1) is 10.1 Å². The fraction of sp³-hybridized carbons (Fsp3) is 0.200. The van der Waals surface area contributed by atoms with Crippen LogP contribution in [0.4, 0.5) is 10.1 Å². The lowest BCUT2D eigenvalue weighted by Gasteiger charge is -2.06. The molecule has 0 amide bonds. The molecule has 110 valence electrons. The second-order valence-electron chi connectivity index (χ2n) is 3.94. The van der Waals surface area contributed by atoms with Gasteiger partial charge in [-0.1, -0.05) is 0 Å². The van der Waals surface area contributed by atoms with E-state index in [1.165, 1.54) is 14.1 Å². The van der Waals surface area contributed by atoms with Crippen molar-refractivity contribution in [2.24, 2.45) is 19.1 Å². The molecule has 0 aromatic carbocycles. The van der Waals surface area contributed by atoms with E-state index < -0.39 is 22.1 Å². The number of aromatic hydroxyl groups is 1. The summed E-state index contributed by atoms with van der Waals surface area (Å²) < 4.78 is 1.69. The standard InChI is InChI=1S/C10H9N5O5S/c1-13-7(16)5(8(17)14(2)10(13)18)3-11-9-12-4-6(21-9)15(19)20/h3-4,16H,1-2H3. The number of aliphatic imine (C=N–C) groups is 1. The Morgan fingerprint density at radius 3 is 2.67 bits per heavy atom. The first kappa shape index (κ1) is 14.6. The molecule has 2 aromatic rings. The monoisotopic (exact) mass is 311 g/mol. The van der Waals surface area contributed by atoms with Crippen molar-refractivity contribution in [3.05, 3.63) is 42.7 Å². The average Bonchev–Trinajstić information content (AvgIpc) is 2.92. The molecule has 0 unspecified atom stereocenters. The van der Waals surface area contributed by atoms with Gasteiger partial charge in [0.1, 0.15) is 11.8 Å². The molecule has 0 aliphatic rings. The van der Waals surface area contributed by atoms with Crippen LogP contribution in [-0.4, -0.2) is 30.4 Å². The zero-order valence-electron chi connectivity index (χ0n) is 10.9. The Hall–Kier alpha value is -2.82. The van der Waals surface area contributed by atoms with Crippen LogP contribution in [-0.2, 0) is 14.1 Å². The molecule has 0 aliphatic heterocycles. The molecular weight excluding hydrogens is 302 g/mol. The molecule has 2 aromatic heterocycles. The topological polar surface area (TPSA) is 133 Å². The lowest BCUT2D eigenvalue weighted by Crippen LogP contribution is -2.38. The third-order valence-electron chi connectivity index (χ3n) is 2.63. The first-order valence-corrected chi connectivity index (χ1v) is 6.28. The van der Waals surface area contributed by atoms with E-state index in [0.29, 0.717) is 11.3 Å². The lowest BCUT2D eigenvalue weighted by molar-refractivity contribution is -0.380. The van der Waals surface area contributed by atoms with Gasteiger partial charge in [-0.05, 0) is 11.3 Å². The lowest BCUT2D eigenvalue weighted by atomic mass is 10.3. The zero-order chi connectivity index (χ0) is 15.7. The number of nitrogens with zero attached hydrogens (tertiary/aromatic N) is 5. The van der Waals surface area contributed by atoms with Crippen molar-refractivity contribution in [1.82, 2.24) is 14.1 Å². The summed E-state index contributed by atoms with van der Waals surface area (Å²) in [5.41, 5.74) is -1.62. The summed E-state index contributed by atoms with van der Waals surface area (Å²) in [6, 6.07) is 0. The van der Waals surface area contributed by atoms with Crippen molar-refractivity contribution in [2.75, 3.05) is 0 Å². The normalized spacial score (nSPS) is 11.1. The van der Waals surface area contributed by atoms with Crippen LogP contribution in [0.15, 0.2) is 20.8 Å². The van der Waals surface area contributed by atoms with Gasteiger partial charge >= 0.3 is 10.7 Å². The highest BCUT2D eigenvalue weighted by Crippen LogP contribution is 2.27. The van der Waals surface area contributed by atoms with Crippen molar-refractivity contribution < 1.29 is 10.0 Å². The fourth-order valence-corrected chi connectivity index (χ4v) is 2.07. The van der Waals surface area contributed by atoms with E-state index in [9.17, 15) is 24.8 Å². The molecule has 0 bridgehead atoms. The second-order valence-corrected chi connectivity index (χ2v) is 4.93. The number of hydrogen-bond donors (Lipinski definition) is 1. The molecule has 0 aliphatic carbocycles. The van der Waals surface area contributed by atoms with E-state index in [0.717, 1.165) is 21.5 Å². The van der Waals surface area contributed by atoms with Gasteiger partial charge in [-0.25, -0.2) is 14.8 Å². The third-order valence-corrected chi connectivity index (χ3v) is 3.49. The Kier molecular flexibility index (Phi) is 3.67. The van der Waals surface area contributed by atoms with E-state index in [2.05, 4.69) is 9.98 Å². The van der Waals surface area contributed by atoms with Gasteiger partial charge in [0.05, 0.1) is 4.92 Å². The van der Waals surface area contributed by atoms with Gasteiger partial charge in [0.2, 0.25) is 11.0 Å². The molecule has 0 atom stereocenters. The van der Waals surface area contributed by atoms with Crippen LogP contribution in [0.5, 0.6) is 5.88 Å². The fourth-order valence-electron chi connectivity index (χ4n) is 1.49. The van der Waals surface area contributed by atoms with Gasteiger partial charge < -0.3 is 5.11 Å². The quantitative estimate of drug-likeness (QED) is 0.478. The number of aromatic nitrogens is 3. The zero-order valence-corrected chi connectivity index (χ0v) is 11.7. The minimum absolute atomic E-state index is 0.0528. The van der Waals surface area contributed by atoms with Crippen molar-refractivity contribution in [3.63, 3.8) is 0 Å². The van der Waals surface area contributed by atoms with E-state index in [1.54, 1.807) is 0 Å². The van der Waals surface area contributed by atoms with Crippen LogP contribution < -0.4 is 11.2 Å². The molecule has 21 heavy (non-hydrogen) atoms. The molecular formula is C10H9N5O5S. The Bertz CT molecular complexity index is 862. The summed E-state index contributed by atoms with van der Waals surface area (Å²) in [7, 11) is 2.55. The molecule has 1 N–H and O–H groups in total. The van der Waals surface area contributed by atoms with Gasteiger partial charge in [0.15, 0.2) is 0 Å². The average molecular weight is 311 g/mol. The predicted octanol–water partition coefficient (Wildman–Crippen LogP) is -0.0951. The highest BCUT2D eigenvalue weighted by molar-refractivity contribution is 7.18. The van der Waals surface area contributed by atoms with Crippen LogP contribution in [0.1, 0.15) is 5.56 Å². The maximum absolute atomic E-state index is 11.9. The Balaban J connectivity index is 2.48. The van der Waals surface area contributed by atoms with E-state index in [1.807, 2.05) is 0 Å². The summed E-state index contributed by atoms with van der Waals surface area (Å²) in [6.07, 6.45) is 2.05. The van der Waals surface area contributed by atoms with E-state index in [-0.39, 0.29) is 15.7 Å². The second kappa shape index (κ2) is 5.28. The molecule has 11 heteroatoms. The van der Waals surface area contributed by atoms with Crippen LogP contribution in [0.2, 0.25) is 0 Å². The minimum atomic E-state index is -0.731. The number of hydrogen-bond acceptors (Lipinski definition) is 8. The van der Waals surface area contributed by atoms with E-state index in [4.69, 9.17) is 0 Å². The van der Waals surface area contributed by atoms with Crippen molar-refractivity contribution in [3.8, 4) is 5.88 Å². The van der Waals surface area contributed by atoms with Gasteiger partial charge in [-0.2, -0.15) is 0 Å². The maximum Gasteiger partial charge on any atom is 0.345 e. The highest BCUT2D eigenvalue weighted by Gasteiger charge is 2.14. The Morgan fingerprint density at radius 2 is 2.10 bits per heavy atom. The van der Waals surface area contributed by atoms with Crippen molar-refractivity contribution in [1.29, 1.82) is 0 Å². The molecule has 0 spiro atoms. The van der Waals surface area contributed by atoms with Gasteiger partial charge in [-0.15, -0.1) is 0 Å². The molecule has 0 radical (unpaired) electrons. The van der Waals surface area contributed by atoms with Crippen molar-refractivity contribution >= 4 is 27.7 Å². The minimum Gasteiger partial charge on any atom is -0.494 e. The number of rotatable bonds is 3. The summed E-state index contributed by atoms with van der Waals surface area (Å²) in [5.74, 6) is -0.544. The molecule has 2 heterocycles. The summed E-state index contributed by atoms with van der Waals surface area (Å²) in [5, 5.41) is 20.2. The van der Waals surface area contributed by atoms with Gasteiger partial charge in [-0.3, -0.25) is 24.0 Å². The van der Waals surface area contributed by atoms with Crippen LogP contribution in [0.25, 0.3) is 0 Å². The van der Waals surface area contributed by atoms with Crippen LogP contribution in [0.3, 0.4) is 0 Å². The Morgan fingerprint density at radius 1 is 1.43 bits per heavy atom.